The summed E-state index contributed by atoms with van der Waals surface area (Å²) in [6.07, 6.45) is 0. The van der Waals surface area contributed by atoms with Gasteiger partial charge in [-0.2, -0.15) is 0 Å². The van der Waals surface area contributed by atoms with Crippen LogP contribution in [0.4, 0.5) is 4.39 Å². The Labute approximate surface area is 99.6 Å². The molecule has 4 heteroatoms. The fraction of sp³-hybridized carbons (Fsp3) is 0.385. The van der Waals surface area contributed by atoms with Crippen molar-refractivity contribution in [1.82, 2.24) is 0 Å². The van der Waals surface area contributed by atoms with E-state index in [0.717, 1.165) is 0 Å². The Morgan fingerprint density at radius 2 is 1.65 bits per heavy atom. The minimum Gasteiger partial charge on any atom is -0.426 e. The fourth-order valence-electron chi connectivity index (χ4n) is 1.32. The van der Waals surface area contributed by atoms with E-state index in [0.29, 0.717) is 0 Å². The molecule has 0 spiro atoms. The molecule has 0 radical (unpaired) electrons. The normalized spacial score (nSPS) is 12.3. The molecule has 0 aliphatic heterocycles. The van der Waals surface area contributed by atoms with Crippen LogP contribution >= 0.6 is 0 Å². The number of esters is 1. The number of hydrogen-bond donors (Lipinski definition) is 0. The van der Waals surface area contributed by atoms with Crippen molar-refractivity contribution in [3.8, 4) is 5.75 Å². The van der Waals surface area contributed by atoms with Crippen LogP contribution in [0.15, 0.2) is 24.3 Å². The van der Waals surface area contributed by atoms with Crippen LogP contribution in [0.25, 0.3) is 0 Å². The number of Topliss-reactive ketones (excluding diaryl/α,β-unsaturated/α-hetero) is 1. The second-order valence-corrected chi connectivity index (χ2v) is 4.15. The van der Waals surface area contributed by atoms with E-state index in [9.17, 15) is 14.0 Å². The predicted octanol–water partition coefficient (Wildman–Crippen LogP) is 2.59. The first-order valence-electron chi connectivity index (χ1n) is 5.42. The zero-order chi connectivity index (χ0) is 13.0. The predicted molar refractivity (Wildman–Crippen MR) is 61.0 cm³/mol. The summed E-state index contributed by atoms with van der Waals surface area (Å²) in [5.74, 6) is -1.98. The van der Waals surface area contributed by atoms with Gasteiger partial charge in [0.2, 0.25) is 0 Å². The third-order valence-electron chi connectivity index (χ3n) is 2.38. The number of carbonyl (C=O) groups excluding carboxylic acids is 2. The molecule has 1 aromatic rings. The Kier molecular flexibility index (Phi) is 4.37. The van der Waals surface area contributed by atoms with E-state index in [1.54, 1.807) is 13.8 Å². The molecule has 0 bridgehead atoms. The first-order valence-corrected chi connectivity index (χ1v) is 5.42. The van der Waals surface area contributed by atoms with Crippen LogP contribution in [0.3, 0.4) is 0 Å². The molecule has 0 aromatic heterocycles. The molecule has 0 fully saturated rings. The van der Waals surface area contributed by atoms with Gasteiger partial charge < -0.3 is 4.74 Å². The zero-order valence-electron chi connectivity index (χ0n) is 10.1. The molecule has 3 nitrogen and oxygen atoms in total. The topological polar surface area (TPSA) is 43.4 Å². The van der Waals surface area contributed by atoms with E-state index in [4.69, 9.17) is 4.74 Å². The van der Waals surface area contributed by atoms with Crippen molar-refractivity contribution in [3.05, 3.63) is 30.1 Å². The summed E-state index contributed by atoms with van der Waals surface area (Å²) in [4.78, 5) is 23.2. The Morgan fingerprint density at radius 3 is 2.12 bits per heavy atom. The maximum absolute atomic E-state index is 12.6. The van der Waals surface area contributed by atoms with Crippen molar-refractivity contribution < 1.29 is 18.7 Å². The highest BCUT2D eigenvalue weighted by atomic mass is 19.1. The summed E-state index contributed by atoms with van der Waals surface area (Å²) in [6, 6.07) is 5.08. The Morgan fingerprint density at radius 1 is 1.12 bits per heavy atom. The Bertz CT molecular complexity index is 409. The van der Waals surface area contributed by atoms with Crippen LogP contribution in [-0.4, -0.2) is 11.8 Å². The van der Waals surface area contributed by atoms with E-state index in [-0.39, 0.29) is 17.5 Å². The maximum atomic E-state index is 12.6. The largest absolute Gasteiger partial charge is 0.426 e. The van der Waals surface area contributed by atoms with Gasteiger partial charge in [0.1, 0.15) is 23.3 Å². The number of ketones is 1. The van der Waals surface area contributed by atoms with Crippen molar-refractivity contribution >= 4 is 11.8 Å². The molecule has 0 aliphatic carbocycles. The van der Waals surface area contributed by atoms with Crippen molar-refractivity contribution in [2.45, 2.75) is 20.8 Å². The Hall–Kier alpha value is -1.71. The first kappa shape index (κ1) is 13.4. The fourth-order valence-corrected chi connectivity index (χ4v) is 1.32. The molecule has 17 heavy (non-hydrogen) atoms. The van der Waals surface area contributed by atoms with Crippen molar-refractivity contribution in [2.24, 2.45) is 11.8 Å². The molecule has 92 valence electrons. The molecular formula is C13H15FO3. The minimum atomic E-state index is -0.806. The van der Waals surface area contributed by atoms with Crippen LogP contribution in [0.5, 0.6) is 5.75 Å². The molecule has 0 heterocycles. The van der Waals surface area contributed by atoms with Gasteiger partial charge in [-0.3, -0.25) is 9.59 Å². The minimum absolute atomic E-state index is 0.169. The number of hydrogen-bond acceptors (Lipinski definition) is 3. The summed E-state index contributed by atoms with van der Waals surface area (Å²) in [7, 11) is 0. The van der Waals surface area contributed by atoms with Gasteiger partial charge in [-0.05, 0) is 31.2 Å². The molecule has 1 rings (SSSR count). The summed E-state index contributed by atoms with van der Waals surface area (Å²) < 4.78 is 17.6. The van der Waals surface area contributed by atoms with Gasteiger partial charge in [0.15, 0.2) is 0 Å². The number of halogens is 1. The molecule has 0 saturated carbocycles. The molecular weight excluding hydrogens is 223 g/mol. The van der Waals surface area contributed by atoms with Crippen molar-refractivity contribution in [2.75, 3.05) is 0 Å². The van der Waals surface area contributed by atoms with Crippen LogP contribution < -0.4 is 4.74 Å². The molecule has 0 N–H and O–H groups in total. The van der Waals surface area contributed by atoms with Crippen molar-refractivity contribution in [1.29, 1.82) is 0 Å². The summed E-state index contributed by atoms with van der Waals surface area (Å²) in [5, 5.41) is 0. The maximum Gasteiger partial charge on any atom is 0.321 e. The SMILES string of the molecule is CC(C)C(=O)C(C)C(=O)Oc1ccc(F)cc1. The summed E-state index contributed by atoms with van der Waals surface area (Å²) in [6.45, 7) is 4.96. The second kappa shape index (κ2) is 5.57. The highest BCUT2D eigenvalue weighted by Crippen LogP contribution is 2.15. The van der Waals surface area contributed by atoms with Gasteiger partial charge >= 0.3 is 5.97 Å². The average Bonchev–Trinajstić information content (AvgIpc) is 2.30. The smallest absolute Gasteiger partial charge is 0.321 e. The zero-order valence-corrected chi connectivity index (χ0v) is 10.1. The lowest BCUT2D eigenvalue weighted by atomic mass is 9.97. The number of rotatable bonds is 4. The van der Waals surface area contributed by atoms with Crippen LogP contribution in [-0.2, 0) is 9.59 Å². The molecule has 1 unspecified atom stereocenters. The van der Waals surface area contributed by atoms with Gasteiger partial charge in [-0.15, -0.1) is 0 Å². The third kappa shape index (κ3) is 3.66. The monoisotopic (exact) mass is 238 g/mol. The van der Waals surface area contributed by atoms with Gasteiger partial charge in [0.05, 0.1) is 0 Å². The molecule has 1 atom stereocenters. The van der Waals surface area contributed by atoms with E-state index in [2.05, 4.69) is 0 Å². The van der Waals surface area contributed by atoms with Crippen LogP contribution in [0.1, 0.15) is 20.8 Å². The van der Waals surface area contributed by atoms with E-state index < -0.39 is 17.7 Å². The van der Waals surface area contributed by atoms with E-state index >= 15 is 0 Å². The summed E-state index contributed by atoms with van der Waals surface area (Å²) in [5.41, 5.74) is 0. The molecule has 0 saturated heterocycles. The highest BCUT2D eigenvalue weighted by Gasteiger charge is 2.25. The lowest BCUT2D eigenvalue weighted by Gasteiger charge is -2.12. The Balaban J connectivity index is 2.66. The standard InChI is InChI=1S/C13H15FO3/c1-8(2)12(15)9(3)13(16)17-11-6-4-10(14)5-7-11/h4-9H,1-3H3. The lowest BCUT2D eigenvalue weighted by molar-refractivity contribution is -0.144. The van der Waals surface area contributed by atoms with Gasteiger partial charge in [0, 0.05) is 5.92 Å². The van der Waals surface area contributed by atoms with Crippen molar-refractivity contribution in [3.63, 3.8) is 0 Å². The third-order valence-corrected chi connectivity index (χ3v) is 2.38. The van der Waals surface area contributed by atoms with Crippen LogP contribution in [0, 0.1) is 17.7 Å². The number of carbonyl (C=O) groups is 2. The number of ether oxygens (including phenoxy) is 1. The first-order chi connectivity index (χ1) is 7.91. The molecule has 0 aliphatic rings. The highest BCUT2D eigenvalue weighted by molar-refractivity contribution is 6.00. The van der Waals surface area contributed by atoms with Gasteiger partial charge in [-0.25, -0.2) is 4.39 Å². The second-order valence-electron chi connectivity index (χ2n) is 4.15. The summed E-state index contributed by atoms with van der Waals surface area (Å²) >= 11 is 0. The average molecular weight is 238 g/mol. The van der Waals surface area contributed by atoms with E-state index in [1.165, 1.54) is 31.2 Å². The van der Waals surface area contributed by atoms with E-state index in [1.807, 2.05) is 0 Å². The number of benzene rings is 1. The lowest BCUT2D eigenvalue weighted by Crippen LogP contribution is -2.28. The van der Waals surface area contributed by atoms with Crippen LogP contribution in [0.2, 0.25) is 0 Å². The van der Waals surface area contributed by atoms with Gasteiger partial charge in [0.25, 0.3) is 0 Å². The van der Waals surface area contributed by atoms with Gasteiger partial charge in [-0.1, -0.05) is 13.8 Å². The molecule has 1 aromatic carbocycles. The molecule has 0 amide bonds. The quantitative estimate of drug-likeness (QED) is 0.460.